The summed E-state index contributed by atoms with van der Waals surface area (Å²) in [5.41, 5.74) is 5.18. The lowest BCUT2D eigenvalue weighted by molar-refractivity contribution is -0.141. The number of carbonyl (C=O) groups excluding carboxylic acids is 1. The molecule has 192 valence electrons. The van der Waals surface area contributed by atoms with Gasteiger partial charge < -0.3 is 10.4 Å². The highest BCUT2D eigenvalue weighted by Crippen LogP contribution is 2.24. The average Bonchev–Trinajstić information content (AvgIpc) is 3.29. The van der Waals surface area contributed by atoms with Crippen LogP contribution in [-0.2, 0) is 17.6 Å². The number of pyridine rings is 1. The average molecular weight is 498 g/mol. The fourth-order valence-corrected chi connectivity index (χ4v) is 4.79. The Labute approximate surface area is 218 Å². The van der Waals surface area contributed by atoms with Gasteiger partial charge in [0, 0.05) is 25.1 Å². The maximum Gasteiger partial charge on any atom is 0.307 e. The Morgan fingerprint density at radius 3 is 2.35 bits per heavy atom. The molecule has 2 N–H and O–H groups in total. The molecular weight excluding hydrogens is 462 g/mol. The first-order valence-electron chi connectivity index (χ1n) is 12.9. The lowest BCUT2D eigenvalue weighted by atomic mass is 9.90. The standard InChI is InChI=1S/C31H35N3O3/c1-21(2)16-26(24-14-12-22(3)13-15-24)19-32-30(35)28-10-7-11-29-33-27(20-34(28)29)18-25(31(36)37)17-23-8-5-4-6-9-23/h4-15,20-21,25-26H,16-19H2,1-3H3,(H,32,35)(H,36,37). The largest absolute Gasteiger partial charge is 0.481 e. The third kappa shape index (κ3) is 6.85. The van der Waals surface area contributed by atoms with Gasteiger partial charge in [-0.1, -0.05) is 80.1 Å². The van der Waals surface area contributed by atoms with Crippen LogP contribution < -0.4 is 5.32 Å². The van der Waals surface area contributed by atoms with E-state index in [4.69, 9.17) is 0 Å². The van der Waals surface area contributed by atoms with Crippen molar-refractivity contribution >= 4 is 17.5 Å². The Kier molecular flexibility index (Phi) is 8.39. The van der Waals surface area contributed by atoms with Gasteiger partial charge >= 0.3 is 5.97 Å². The highest BCUT2D eigenvalue weighted by atomic mass is 16.4. The monoisotopic (exact) mass is 497 g/mol. The van der Waals surface area contributed by atoms with E-state index in [1.165, 1.54) is 11.1 Å². The number of hydrogen-bond acceptors (Lipinski definition) is 3. The fourth-order valence-electron chi connectivity index (χ4n) is 4.79. The van der Waals surface area contributed by atoms with Crippen LogP contribution in [0.5, 0.6) is 0 Å². The first-order chi connectivity index (χ1) is 17.8. The van der Waals surface area contributed by atoms with Crippen molar-refractivity contribution in [2.24, 2.45) is 11.8 Å². The molecule has 2 atom stereocenters. The van der Waals surface area contributed by atoms with E-state index in [0.29, 0.717) is 35.9 Å². The second-order valence-corrected chi connectivity index (χ2v) is 10.2. The molecule has 0 bridgehead atoms. The Morgan fingerprint density at radius 2 is 1.68 bits per heavy atom. The van der Waals surface area contributed by atoms with Crippen molar-refractivity contribution in [2.75, 3.05) is 6.54 Å². The van der Waals surface area contributed by atoms with Crippen LogP contribution in [-0.4, -0.2) is 32.9 Å². The lowest BCUT2D eigenvalue weighted by Crippen LogP contribution is -2.30. The molecule has 0 saturated carbocycles. The third-order valence-electron chi connectivity index (χ3n) is 6.72. The van der Waals surface area contributed by atoms with Crippen LogP contribution in [0.25, 0.3) is 5.65 Å². The van der Waals surface area contributed by atoms with Crippen LogP contribution in [0.15, 0.2) is 79.0 Å². The van der Waals surface area contributed by atoms with E-state index < -0.39 is 11.9 Å². The number of carboxylic acids is 1. The maximum atomic E-state index is 13.3. The molecule has 0 fully saturated rings. The van der Waals surface area contributed by atoms with Crippen molar-refractivity contribution in [2.45, 2.75) is 46.0 Å². The van der Waals surface area contributed by atoms with Gasteiger partial charge in [-0.25, -0.2) is 4.98 Å². The molecule has 0 aliphatic heterocycles. The summed E-state index contributed by atoms with van der Waals surface area (Å²) in [6.45, 7) is 7.00. The highest BCUT2D eigenvalue weighted by molar-refractivity contribution is 5.93. The number of aliphatic carboxylic acids is 1. The van der Waals surface area contributed by atoms with Crippen molar-refractivity contribution in [3.63, 3.8) is 0 Å². The minimum Gasteiger partial charge on any atom is -0.481 e. The summed E-state index contributed by atoms with van der Waals surface area (Å²) < 4.78 is 1.76. The summed E-state index contributed by atoms with van der Waals surface area (Å²) in [7, 11) is 0. The normalized spacial score (nSPS) is 13.0. The summed E-state index contributed by atoms with van der Waals surface area (Å²) in [6, 6.07) is 23.5. The molecule has 4 rings (SSSR count). The minimum atomic E-state index is -0.855. The Hall–Kier alpha value is -3.93. The number of aryl methyl sites for hydroxylation is 1. The van der Waals surface area contributed by atoms with Crippen molar-refractivity contribution in [1.82, 2.24) is 14.7 Å². The van der Waals surface area contributed by atoms with E-state index in [1.807, 2.05) is 42.5 Å². The summed E-state index contributed by atoms with van der Waals surface area (Å²) in [5.74, 6) is -0.908. The van der Waals surface area contributed by atoms with Gasteiger partial charge in [0.25, 0.3) is 5.91 Å². The molecule has 0 aliphatic rings. The third-order valence-corrected chi connectivity index (χ3v) is 6.72. The predicted octanol–water partition coefficient (Wildman–Crippen LogP) is 5.69. The molecule has 6 nitrogen and oxygen atoms in total. The van der Waals surface area contributed by atoms with Gasteiger partial charge in [-0.2, -0.15) is 0 Å². The summed E-state index contributed by atoms with van der Waals surface area (Å²) in [5, 5.41) is 12.9. The molecule has 0 radical (unpaired) electrons. The number of nitrogens with one attached hydrogen (secondary N) is 1. The van der Waals surface area contributed by atoms with Gasteiger partial charge in [0.2, 0.25) is 0 Å². The van der Waals surface area contributed by atoms with Crippen molar-refractivity contribution in [3.05, 3.63) is 107 Å². The minimum absolute atomic E-state index is 0.172. The quantitative estimate of drug-likeness (QED) is 0.279. The zero-order valence-electron chi connectivity index (χ0n) is 21.7. The van der Waals surface area contributed by atoms with Gasteiger partial charge in [-0.05, 0) is 48.9 Å². The van der Waals surface area contributed by atoms with Crippen LogP contribution >= 0.6 is 0 Å². The molecule has 2 heterocycles. The van der Waals surface area contributed by atoms with Crippen molar-refractivity contribution < 1.29 is 14.7 Å². The van der Waals surface area contributed by atoms with E-state index in [1.54, 1.807) is 16.7 Å². The Balaban J connectivity index is 1.50. The number of carbonyl (C=O) groups is 2. The molecule has 37 heavy (non-hydrogen) atoms. The fraction of sp³-hybridized carbons (Fsp3) is 0.323. The lowest BCUT2D eigenvalue weighted by Gasteiger charge is -2.20. The number of hydrogen-bond donors (Lipinski definition) is 2. The van der Waals surface area contributed by atoms with Gasteiger partial charge in [0.05, 0.1) is 11.6 Å². The van der Waals surface area contributed by atoms with Gasteiger partial charge in [-0.3, -0.25) is 14.0 Å². The Bertz CT molecular complexity index is 1340. The van der Waals surface area contributed by atoms with E-state index in [0.717, 1.165) is 12.0 Å². The summed E-state index contributed by atoms with van der Waals surface area (Å²) in [6.07, 6.45) is 3.47. The summed E-state index contributed by atoms with van der Waals surface area (Å²) >= 11 is 0. The number of carboxylic acid groups (broad SMARTS) is 1. The second kappa shape index (κ2) is 11.9. The number of aromatic nitrogens is 2. The number of rotatable bonds is 11. The van der Waals surface area contributed by atoms with Gasteiger partial charge in [-0.15, -0.1) is 0 Å². The molecule has 4 aromatic rings. The maximum absolute atomic E-state index is 13.3. The molecule has 0 aliphatic carbocycles. The van der Waals surface area contributed by atoms with Crippen molar-refractivity contribution in [3.8, 4) is 0 Å². The second-order valence-electron chi connectivity index (χ2n) is 10.2. The summed E-state index contributed by atoms with van der Waals surface area (Å²) in [4.78, 5) is 29.9. The van der Waals surface area contributed by atoms with Crippen LogP contribution in [0, 0.1) is 18.8 Å². The van der Waals surface area contributed by atoms with Gasteiger partial charge in [0.1, 0.15) is 11.3 Å². The molecule has 0 saturated heterocycles. The van der Waals surface area contributed by atoms with Crippen LogP contribution in [0.1, 0.15) is 59.1 Å². The molecule has 1 amide bonds. The number of nitrogens with zero attached hydrogens (tertiary/aromatic N) is 2. The molecule has 2 aromatic heterocycles. The zero-order valence-corrected chi connectivity index (χ0v) is 21.7. The molecule has 2 unspecified atom stereocenters. The predicted molar refractivity (Wildman–Crippen MR) is 146 cm³/mol. The molecule has 2 aromatic carbocycles. The van der Waals surface area contributed by atoms with Gasteiger partial charge in [0.15, 0.2) is 0 Å². The first-order valence-corrected chi connectivity index (χ1v) is 12.9. The van der Waals surface area contributed by atoms with Crippen molar-refractivity contribution in [1.29, 1.82) is 0 Å². The van der Waals surface area contributed by atoms with Crippen LogP contribution in [0.2, 0.25) is 0 Å². The molecular formula is C31H35N3O3. The molecule has 6 heteroatoms. The van der Waals surface area contributed by atoms with E-state index in [9.17, 15) is 14.7 Å². The number of imidazole rings is 1. The topological polar surface area (TPSA) is 83.7 Å². The zero-order chi connectivity index (χ0) is 26.4. The van der Waals surface area contributed by atoms with Crippen LogP contribution in [0.3, 0.4) is 0 Å². The number of amides is 1. The van der Waals surface area contributed by atoms with E-state index >= 15 is 0 Å². The first kappa shape index (κ1) is 26.1. The SMILES string of the molecule is Cc1ccc(C(CNC(=O)c2cccc3nc(CC(Cc4ccccc4)C(=O)O)cn23)CC(C)C)cc1. The molecule has 0 spiro atoms. The smallest absolute Gasteiger partial charge is 0.307 e. The Morgan fingerprint density at radius 1 is 0.946 bits per heavy atom. The number of benzene rings is 2. The van der Waals surface area contributed by atoms with E-state index in [2.05, 4.69) is 55.3 Å². The highest BCUT2D eigenvalue weighted by Gasteiger charge is 2.22. The van der Waals surface area contributed by atoms with Crippen LogP contribution in [0.4, 0.5) is 0 Å². The number of fused-ring (bicyclic) bond motifs is 1. The van der Waals surface area contributed by atoms with E-state index in [-0.39, 0.29) is 18.2 Å².